The molecule has 1 aromatic carbocycles. The second-order valence-corrected chi connectivity index (χ2v) is 5.98. The van der Waals surface area contributed by atoms with Crippen LogP contribution < -0.4 is 21.5 Å². The van der Waals surface area contributed by atoms with Gasteiger partial charge in [-0.15, -0.1) is 0 Å². The third-order valence-corrected chi connectivity index (χ3v) is 3.64. The summed E-state index contributed by atoms with van der Waals surface area (Å²) in [5.74, 6) is 6.55. The van der Waals surface area contributed by atoms with Gasteiger partial charge in [0.15, 0.2) is 12.4 Å². The summed E-state index contributed by atoms with van der Waals surface area (Å²) in [4.78, 5) is 0. The van der Waals surface area contributed by atoms with Crippen LogP contribution in [0.3, 0.4) is 0 Å². The molecule has 1 heterocycles. The van der Waals surface area contributed by atoms with E-state index in [4.69, 9.17) is 0 Å². The minimum absolute atomic E-state index is 0. The van der Waals surface area contributed by atoms with Crippen LogP contribution in [0.25, 0.3) is 0 Å². The standard InChI is InChI=1S/C21H26N.BrH/c1-4-8-20-10-12-21(13-11-20)9-6-5-7-14-22-16-18(2)15-19(3)17-22;/h10-13,15-17H,4-5,7-8,14H2,1-3H3;1H/q+1;/p-1. The lowest BCUT2D eigenvalue weighted by Gasteiger charge is -1.98. The average Bonchev–Trinajstić information content (AvgIpc) is 2.48. The Morgan fingerprint density at radius 3 is 2.26 bits per heavy atom. The van der Waals surface area contributed by atoms with Gasteiger partial charge in [-0.2, -0.15) is 0 Å². The minimum Gasteiger partial charge on any atom is -1.00 e. The fraction of sp³-hybridized carbons (Fsp3) is 0.381. The topological polar surface area (TPSA) is 3.88 Å². The monoisotopic (exact) mass is 371 g/mol. The molecule has 0 aliphatic carbocycles. The maximum Gasteiger partial charge on any atom is 0.171 e. The van der Waals surface area contributed by atoms with Crippen LogP contribution in [0.2, 0.25) is 0 Å². The first-order valence-corrected chi connectivity index (χ1v) is 8.22. The predicted octanol–water partition coefficient (Wildman–Crippen LogP) is 1.38. The Hall–Kier alpha value is -1.59. The highest BCUT2D eigenvalue weighted by molar-refractivity contribution is 5.36. The maximum absolute atomic E-state index is 3.29. The average molecular weight is 372 g/mol. The Labute approximate surface area is 151 Å². The molecular weight excluding hydrogens is 346 g/mol. The van der Waals surface area contributed by atoms with Crippen LogP contribution in [0, 0.1) is 25.7 Å². The van der Waals surface area contributed by atoms with Gasteiger partial charge in [-0.3, -0.25) is 0 Å². The van der Waals surface area contributed by atoms with E-state index in [0.717, 1.165) is 31.4 Å². The van der Waals surface area contributed by atoms with Crippen LogP contribution in [-0.2, 0) is 13.0 Å². The zero-order chi connectivity index (χ0) is 15.8. The number of hydrogen-bond acceptors (Lipinski definition) is 0. The molecule has 0 fully saturated rings. The van der Waals surface area contributed by atoms with Crippen molar-refractivity contribution in [1.82, 2.24) is 0 Å². The smallest absolute Gasteiger partial charge is 0.171 e. The summed E-state index contributed by atoms with van der Waals surface area (Å²) < 4.78 is 2.27. The van der Waals surface area contributed by atoms with Gasteiger partial charge < -0.3 is 17.0 Å². The lowest BCUT2D eigenvalue weighted by atomic mass is 10.1. The maximum atomic E-state index is 3.29. The van der Waals surface area contributed by atoms with E-state index in [2.05, 4.69) is 79.9 Å². The molecule has 0 aliphatic heterocycles. The molecule has 1 aromatic heterocycles. The number of pyridine rings is 1. The molecule has 0 amide bonds. The summed E-state index contributed by atoms with van der Waals surface area (Å²) >= 11 is 0. The van der Waals surface area contributed by atoms with E-state index in [1.165, 1.54) is 23.1 Å². The summed E-state index contributed by atoms with van der Waals surface area (Å²) in [5.41, 5.74) is 5.16. The number of nitrogens with zero attached hydrogens (tertiary/aromatic N) is 1. The van der Waals surface area contributed by atoms with Crippen molar-refractivity contribution in [3.63, 3.8) is 0 Å². The number of aromatic nitrogens is 1. The minimum atomic E-state index is 0. The molecule has 0 saturated carbocycles. The van der Waals surface area contributed by atoms with Crippen molar-refractivity contribution in [3.05, 3.63) is 65.0 Å². The van der Waals surface area contributed by atoms with Crippen molar-refractivity contribution in [2.75, 3.05) is 0 Å². The number of aryl methyl sites for hydroxylation is 4. The van der Waals surface area contributed by atoms with Crippen LogP contribution in [0.1, 0.15) is 48.4 Å². The first-order valence-electron chi connectivity index (χ1n) is 8.22. The van der Waals surface area contributed by atoms with Crippen LogP contribution in [-0.4, -0.2) is 0 Å². The van der Waals surface area contributed by atoms with E-state index in [1.54, 1.807) is 0 Å². The van der Waals surface area contributed by atoms with Gasteiger partial charge in [0.05, 0.1) is 0 Å². The van der Waals surface area contributed by atoms with Gasteiger partial charge in [0.25, 0.3) is 0 Å². The number of rotatable bonds is 5. The van der Waals surface area contributed by atoms with Crippen molar-refractivity contribution in [1.29, 1.82) is 0 Å². The molecule has 0 atom stereocenters. The Balaban J connectivity index is 0.00000264. The van der Waals surface area contributed by atoms with E-state index in [-0.39, 0.29) is 17.0 Å². The van der Waals surface area contributed by atoms with Gasteiger partial charge in [0, 0.05) is 29.5 Å². The van der Waals surface area contributed by atoms with Gasteiger partial charge in [-0.1, -0.05) is 37.3 Å². The second kappa shape index (κ2) is 10.2. The first-order chi connectivity index (χ1) is 10.7. The van der Waals surface area contributed by atoms with Gasteiger partial charge in [-0.05, 0) is 44.0 Å². The summed E-state index contributed by atoms with van der Waals surface area (Å²) in [6, 6.07) is 10.9. The predicted molar refractivity (Wildman–Crippen MR) is 92.7 cm³/mol. The van der Waals surface area contributed by atoms with Gasteiger partial charge in [-0.25, -0.2) is 4.57 Å². The summed E-state index contributed by atoms with van der Waals surface area (Å²) in [7, 11) is 0. The quantitative estimate of drug-likeness (QED) is 0.424. The van der Waals surface area contributed by atoms with E-state index < -0.39 is 0 Å². The van der Waals surface area contributed by atoms with E-state index in [1.807, 2.05) is 0 Å². The van der Waals surface area contributed by atoms with E-state index >= 15 is 0 Å². The van der Waals surface area contributed by atoms with Crippen molar-refractivity contribution in [2.45, 2.75) is 53.0 Å². The molecule has 0 saturated heterocycles. The zero-order valence-corrected chi connectivity index (χ0v) is 16.0. The Bertz CT molecular complexity index is 642. The number of hydrogen-bond donors (Lipinski definition) is 0. The third-order valence-electron chi connectivity index (χ3n) is 3.64. The SMILES string of the molecule is CCCc1ccc(C#CCCC[n+]2cc(C)cc(C)c2)cc1.[Br-]. The molecule has 0 unspecified atom stereocenters. The molecule has 0 N–H and O–H groups in total. The van der Waals surface area contributed by atoms with Gasteiger partial charge in [0.2, 0.25) is 0 Å². The molecule has 2 aromatic rings. The summed E-state index contributed by atoms with van der Waals surface area (Å²) in [5, 5.41) is 0. The largest absolute Gasteiger partial charge is 1.00 e. The highest BCUT2D eigenvalue weighted by Crippen LogP contribution is 2.05. The highest BCUT2D eigenvalue weighted by atomic mass is 79.9. The van der Waals surface area contributed by atoms with Gasteiger partial charge in [0.1, 0.15) is 6.54 Å². The summed E-state index contributed by atoms with van der Waals surface area (Å²) in [6.07, 6.45) is 8.78. The second-order valence-electron chi connectivity index (χ2n) is 5.98. The lowest BCUT2D eigenvalue weighted by Crippen LogP contribution is -3.00. The van der Waals surface area contributed by atoms with Crippen molar-refractivity contribution < 1.29 is 21.5 Å². The Morgan fingerprint density at radius 2 is 1.65 bits per heavy atom. The van der Waals surface area contributed by atoms with Crippen molar-refractivity contribution >= 4 is 0 Å². The molecule has 0 radical (unpaired) electrons. The number of benzene rings is 1. The Kier molecular flexibility index (Phi) is 8.66. The first kappa shape index (κ1) is 19.5. The van der Waals surface area contributed by atoms with Crippen molar-refractivity contribution in [2.24, 2.45) is 0 Å². The molecule has 0 bridgehead atoms. The number of halogens is 1. The van der Waals surface area contributed by atoms with Crippen molar-refractivity contribution in [3.8, 4) is 11.8 Å². The fourth-order valence-electron chi connectivity index (χ4n) is 2.68. The third kappa shape index (κ3) is 7.01. The molecule has 2 heteroatoms. The van der Waals surface area contributed by atoms with Gasteiger partial charge >= 0.3 is 0 Å². The van der Waals surface area contributed by atoms with Crippen LogP contribution in [0.5, 0.6) is 0 Å². The molecule has 0 aliphatic rings. The molecule has 1 nitrogen and oxygen atoms in total. The molecule has 23 heavy (non-hydrogen) atoms. The highest BCUT2D eigenvalue weighted by Gasteiger charge is 2.01. The van der Waals surface area contributed by atoms with Crippen LogP contribution in [0.4, 0.5) is 0 Å². The number of unbranched alkanes of at least 4 members (excludes halogenated alkanes) is 1. The molecule has 0 spiro atoms. The summed E-state index contributed by atoms with van der Waals surface area (Å²) in [6.45, 7) is 7.53. The van der Waals surface area contributed by atoms with Crippen LogP contribution >= 0.6 is 0 Å². The normalized spacial score (nSPS) is 9.70. The fourth-order valence-corrected chi connectivity index (χ4v) is 2.68. The Morgan fingerprint density at radius 1 is 1.00 bits per heavy atom. The molecule has 122 valence electrons. The van der Waals surface area contributed by atoms with Crippen LogP contribution in [0.15, 0.2) is 42.7 Å². The molecular formula is C21H26BrN. The van der Waals surface area contributed by atoms with E-state index in [9.17, 15) is 0 Å². The molecule has 2 rings (SSSR count). The lowest BCUT2D eigenvalue weighted by molar-refractivity contribution is -0.697. The zero-order valence-electron chi connectivity index (χ0n) is 14.4. The van der Waals surface area contributed by atoms with E-state index in [0.29, 0.717) is 0 Å².